The first-order valence-electron chi connectivity index (χ1n) is 7.58. The van der Waals surface area contributed by atoms with E-state index in [-0.39, 0.29) is 6.10 Å². The highest BCUT2D eigenvalue weighted by Crippen LogP contribution is 2.65. The molecule has 4 rings (SSSR count). The zero-order valence-corrected chi connectivity index (χ0v) is 12.3. The van der Waals surface area contributed by atoms with Gasteiger partial charge in [-0.15, -0.1) is 0 Å². The van der Waals surface area contributed by atoms with E-state index in [4.69, 9.17) is 4.18 Å². The van der Waals surface area contributed by atoms with E-state index in [1.54, 1.807) is 13.8 Å². The molecule has 0 aliphatic heterocycles. The largest absolute Gasteiger partial charge is 0.269 e. The maximum atomic E-state index is 12.0. The van der Waals surface area contributed by atoms with Crippen LogP contribution in [0.5, 0.6) is 0 Å². The second-order valence-electron chi connectivity index (χ2n) is 7.17. The van der Waals surface area contributed by atoms with E-state index < -0.39 is 15.4 Å². The van der Waals surface area contributed by atoms with Crippen molar-refractivity contribution < 1.29 is 12.6 Å². The normalized spacial score (nSPS) is 50.4. The van der Waals surface area contributed by atoms with Gasteiger partial charge in [-0.1, -0.05) is 12.2 Å². The monoisotopic (exact) mass is 282 g/mol. The fourth-order valence-electron chi connectivity index (χ4n) is 5.35. The van der Waals surface area contributed by atoms with E-state index in [2.05, 4.69) is 12.2 Å². The van der Waals surface area contributed by atoms with Gasteiger partial charge in [0.15, 0.2) is 0 Å². The van der Waals surface area contributed by atoms with E-state index in [1.807, 2.05) is 0 Å². The van der Waals surface area contributed by atoms with Crippen LogP contribution in [0.2, 0.25) is 0 Å². The highest BCUT2D eigenvalue weighted by Gasteiger charge is 2.61. The molecular formula is C15H22O3S. The van der Waals surface area contributed by atoms with Gasteiger partial charge in [0.05, 0.1) is 11.4 Å². The predicted octanol–water partition coefficient (Wildman–Crippen LogP) is 2.59. The van der Waals surface area contributed by atoms with Crippen molar-refractivity contribution in [2.75, 3.05) is 0 Å². The van der Waals surface area contributed by atoms with E-state index in [0.717, 1.165) is 18.3 Å². The summed E-state index contributed by atoms with van der Waals surface area (Å²) in [4.78, 5) is 0. The minimum Gasteiger partial charge on any atom is -0.266 e. The van der Waals surface area contributed by atoms with Crippen LogP contribution < -0.4 is 0 Å². The molecule has 0 aromatic carbocycles. The molecule has 7 atom stereocenters. The maximum absolute atomic E-state index is 12.0. The third-order valence-corrected chi connectivity index (χ3v) is 7.71. The average Bonchev–Trinajstić information content (AvgIpc) is 3.05. The molecule has 0 aromatic heterocycles. The molecule has 0 heterocycles. The topological polar surface area (TPSA) is 43.4 Å². The molecule has 0 aromatic rings. The Morgan fingerprint density at radius 1 is 1.05 bits per heavy atom. The highest BCUT2D eigenvalue weighted by atomic mass is 32.2. The van der Waals surface area contributed by atoms with Crippen molar-refractivity contribution >= 4 is 10.1 Å². The van der Waals surface area contributed by atoms with E-state index >= 15 is 0 Å². The third kappa shape index (κ3) is 1.62. The van der Waals surface area contributed by atoms with Gasteiger partial charge in [0.1, 0.15) is 0 Å². The fourth-order valence-corrected chi connectivity index (χ4v) is 6.14. The summed E-state index contributed by atoms with van der Waals surface area (Å²) < 4.78 is 29.5. The summed E-state index contributed by atoms with van der Waals surface area (Å²) >= 11 is 0. The maximum Gasteiger partial charge on any atom is 0.269 e. The molecule has 19 heavy (non-hydrogen) atoms. The van der Waals surface area contributed by atoms with E-state index in [9.17, 15) is 8.42 Å². The lowest BCUT2D eigenvalue weighted by Crippen LogP contribution is -2.37. The van der Waals surface area contributed by atoms with Gasteiger partial charge in [-0.25, -0.2) is 0 Å². The lowest BCUT2D eigenvalue weighted by atomic mass is 9.72. The Morgan fingerprint density at radius 3 is 2.42 bits per heavy atom. The second kappa shape index (κ2) is 3.85. The molecule has 106 valence electrons. The van der Waals surface area contributed by atoms with Crippen molar-refractivity contribution in [1.29, 1.82) is 0 Å². The molecule has 3 fully saturated rings. The van der Waals surface area contributed by atoms with Gasteiger partial charge in [-0.05, 0) is 68.6 Å². The molecule has 7 unspecified atom stereocenters. The molecule has 4 aliphatic rings. The Balaban J connectivity index is 1.56. The molecule has 0 N–H and O–H groups in total. The molecule has 0 saturated heterocycles. The summed E-state index contributed by atoms with van der Waals surface area (Å²) in [5.41, 5.74) is 0. The Kier molecular flexibility index (Phi) is 2.51. The van der Waals surface area contributed by atoms with Crippen molar-refractivity contribution in [3.8, 4) is 0 Å². The summed E-state index contributed by atoms with van der Waals surface area (Å²) in [5.74, 6) is 4.24. The number of hydrogen-bond donors (Lipinski definition) is 0. The quantitative estimate of drug-likeness (QED) is 0.454. The summed E-state index contributed by atoms with van der Waals surface area (Å²) in [6, 6.07) is 0. The van der Waals surface area contributed by atoms with Gasteiger partial charge in [0.2, 0.25) is 0 Å². The average molecular weight is 282 g/mol. The number of allylic oxidation sites excluding steroid dienone is 2. The predicted molar refractivity (Wildman–Crippen MR) is 72.9 cm³/mol. The van der Waals surface area contributed by atoms with Gasteiger partial charge < -0.3 is 0 Å². The van der Waals surface area contributed by atoms with Crippen LogP contribution in [0.1, 0.15) is 33.1 Å². The van der Waals surface area contributed by atoms with Crippen LogP contribution in [0.25, 0.3) is 0 Å². The van der Waals surface area contributed by atoms with E-state index in [0.29, 0.717) is 23.7 Å². The van der Waals surface area contributed by atoms with Crippen molar-refractivity contribution in [3.63, 3.8) is 0 Å². The first-order valence-corrected chi connectivity index (χ1v) is 9.05. The van der Waals surface area contributed by atoms with Crippen LogP contribution in [0, 0.1) is 35.5 Å². The third-order valence-electron chi connectivity index (χ3n) is 6.04. The van der Waals surface area contributed by atoms with Crippen LogP contribution in [0.3, 0.4) is 0 Å². The van der Waals surface area contributed by atoms with Crippen molar-refractivity contribution in [2.45, 2.75) is 44.5 Å². The molecule has 3 nitrogen and oxygen atoms in total. The van der Waals surface area contributed by atoms with Crippen molar-refractivity contribution in [3.05, 3.63) is 12.2 Å². The van der Waals surface area contributed by atoms with Crippen LogP contribution in [0.4, 0.5) is 0 Å². The van der Waals surface area contributed by atoms with Crippen LogP contribution in [0.15, 0.2) is 12.2 Å². The zero-order valence-electron chi connectivity index (χ0n) is 11.5. The standard InChI is InChI=1S/C15H22O3S/c1-8(2)19(16,17)18-13-7-11-6-12(13)15-10-4-3-9(5-10)14(11)15/h3-4,8-15H,5-7H2,1-2H3. The Labute approximate surface area is 115 Å². The number of hydrogen-bond acceptors (Lipinski definition) is 3. The smallest absolute Gasteiger partial charge is 0.266 e. The minimum absolute atomic E-state index is 0.0357. The Hall–Kier alpha value is -0.350. The first kappa shape index (κ1) is 12.4. The van der Waals surface area contributed by atoms with Gasteiger partial charge in [0, 0.05) is 0 Å². The van der Waals surface area contributed by atoms with E-state index in [1.165, 1.54) is 12.8 Å². The summed E-state index contributed by atoms with van der Waals surface area (Å²) in [7, 11) is -3.36. The van der Waals surface area contributed by atoms with Gasteiger partial charge in [-0.2, -0.15) is 8.42 Å². The molecule has 0 spiro atoms. The van der Waals surface area contributed by atoms with Crippen LogP contribution in [-0.2, 0) is 14.3 Å². The Morgan fingerprint density at radius 2 is 1.74 bits per heavy atom. The summed E-state index contributed by atoms with van der Waals surface area (Å²) in [6.45, 7) is 3.40. The number of rotatable bonds is 3. The Bertz CT molecular complexity index is 522. The molecule has 0 radical (unpaired) electrons. The lowest BCUT2D eigenvalue weighted by molar-refractivity contribution is 0.0705. The van der Waals surface area contributed by atoms with Gasteiger partial charge in [0.25, 0.3) is 10.1 Å². The zero-order chi connectivity index (χ0) is 13.4. The summed E-state index contributed by atoms with van der Waals surface area (Å²) in [6.07, 6.45) is 8.23. The molecular weight excluding hydrogens is 260 g/mol. The highest BCUT2D eigenvalue weighted by molar-refractivity contribution is 7.87. The first-order chi connectivity index (χ1) is 8.97. The molecule has 4 bridgehead atoms. The van der Waals surface area contributed by atoms with Crippen molar-refractivity contribution in [1.82, 2.24) is 0 Å². The SMILES string of the molecule is CC(C)S(=O)(=O)OC1CC2CC1C1C3C=CC(C3)C21. The fraction of sp³-hybridized carbons (Fsp3) is 0.867. The van der Waals surface area contributed by atoms with Crippen LogP contribution >= 0.6 is 0 Å². The van der Waals surface area contributed by atoms with Crippen LogP contribution in [-0.4, -0.2) is 19.8 Å². The molecule has 0 amide bonds. The number of fused-ring (bicyclic) bond motifs is 9. The molecule has 3 saturated carbocycles. The minimum atomic E-state index is -3.36. The summed E-state index contributed by atoms with van der Waals surface area (Å²) in [5, 5.41) is -0.428. The van der Waals surface area contributed by atoms with Gasteiger partial charge in [-0.3, -0.25) is 4.18 Å². The molecule has 4 aliphatic carbocycles. The molecule has 4 heteroatoms. The lowest BCUT2D eigenvalue weighted by Gasteiger charge is -2.36. The van der Waals surface area contributed by atoms with Crippen molar-refractivity contribution in [2.24, 2.45) is 35.5 Å². The van der Waals surface area contributed by atoms with Gasteiger partial charge >= 0.3 is 0 Å². The second-order valence-corrected chi connectivity index (χ2v) is 9.30.